The van der Waals surface area contributed by atoms with Crippen molar-refractivity contribution in [3.63, 3.8) is 0 Å². The molecule has 130 valence electrons. The minimum Gasteiger partial charge on any atom is -0.360 e. The highest BCUT2D eigenvalue weighted by Crippen LogP contribution is 2.33. The second-order valence-corrected chi connectivity index (χ2v) is 5.76. The molecule has 2 aromatic carbocycles. The lowest BCUT2D eigenvalue weighted by molar-refractivity contribution is 0.400. The Labute approximate surface area is 146 Å². The lowest BCUT2D eigenvalue weighted by Gasteiger charge is -2.02. The number of hydrogen-bond donors (Lipinski definition) is 0. The summed E-state index contributed by atoms with van der Waals surface area (Å²) in [6.07, 6.45) is 3.07. The Morgan fingerprint density at radius 1 is 0.923 bits per heavy atom. The molecular weight excluding hydrogens is 343 g/mol. The fraction of sp³-hybridized carbons (Fsp3) is 0.0526. The van der Waals surface area contributed by atoms with Gasteiger partial charge in [-0.15, -0.1) is 0 Å². The van der Waals surface area contributed by atoms with E-state index in [-0.39, 0.29) is 5.82 Å². The van der Waals surface area contributed by atoms with Crippen LogP contribution in [0.25, 0.3) is 28.2 Å². The largest absolute Gasteiger partial charge is 0.360 e. The summed E-state index contributed by atoms with van der Waals surface area (Å²) in [5, 5.41) is 4.04. The van der Waals surface area contributed by atoms with Crippen LogP contribution in [0.2, 0.25) is 0 Å². The van der Waals surface area contributed by atoms with Gasteiger partial charge in [0.05, 0.1) is 23.3 Å². The first-order valence-electron chi connectivity index (χ1n) is 7.74. The second-order valence-electron chi connectivity index (χ2n) is 5.76. The molecule has 0 fully saturated rings. The van der Waals surface area contributed by atoms with Crippen LogP contribution < -0.4 is 0 Å². The molecule has 4 nitrogen and oxygen atoms in total. The van der Waals surface area contributed by atoms with Crippen molar-refractivity contribution in [2.24, 2.45) is 0 Å². The van der Waals surface area contributed by atoms with E-state index in [9.17, 15) is 13.2 Å². The summed E-state index contributed by atoms with van der Waals surface area (Å²) in [7, 11) is 0. The van der Waals surface area contributed by atoms with Crippen molar-refractivity contribution in [3.05, 3.63) is 78.2 Å². The van der Waals surface area contributed by atoms with Gasteiger partial charge in [0.15, 0.2) is 0 Å². The van der Waals surface area contributed by atoms with Gasteiger partial charge in [-0.2, -0.15) is 0 Å². The fourth-order valence-electron chi connectivity index (χ4n) is 2.76. The van der Waals surface area contributed by atoms with Gasteiger partial charge in [0, 0.05) is 17.8 Å². The fourth-order valence-corrected chi connectivity index (χ4v) is 2.76. The highest BCUT2D eigenvalue weighted by molar-refractivity contribution is 5.80. The summed E-state index contributed by atoms with van der Waals surface area (Å²) in [5.41, 5.74) is 2.64. The zero-order chi connectivity index (χ0) is 18.3. The van der Waals surface area contributed by atoms with Gasteiger partial charge in [0.1, 0.15) is 28.9 Å². The Bertz CT molecular complexity index is 1060. The molecule has 0 amide bonds. The SMILES string of the molecule is Cc1onc(-c2ccc(F)cc2)c1-c1cn(-c2cc(F)cc(F)c2)cn1. The van der Waals surface area contributed by atoms with Crippen LogP contribution in [-0.2, 0) is 0 Å². The van der Waals surface area contributed by atoms with Crippen LogP contribution in [0.1, 0.15) is 5.76 Å². The first-order chi connectivity index (χ1) is 12.5. The number of aryl methyl sites for hydroxylation is 1. The molecule has 0 saturated heterocycles. The van der Waals surface area contributed by atoms with Crippen LogP contribution in [0.5, 0.6) is 0 Å². The molecule has 0 unspecified atom stereocenters. The molecule has 0 aliphatic heterocycles. The number of rotatable bonds is 3. The highest BCUT2D eigenvalue weighted by atomic mass is 19.1. The smallest absolute Gasteiger partial charge is 0.143 e. The predicted molar refractivity (Wildman–Crippen MR) is 89.1 cm³/mol. The van der Waals surface area contributed by atoms with Gasteiger partial charge in [-0.25, -0.2) is 18.2 Å². The van der Waals surface area contributed by atoms with Crippen LogP contribution >= 0.6 is 0 Å². The number of nitrogens with zero attached hydrogens (tertiary/aromatic N) is 3. The van der Waals surface area contributed by atoms with Crippen molar-refractivity contribution in [2.45, 2.75) is 6.92 Å². The van der Waals surface area contributed by atoms with Crippen molar-refractivity contribution in [3.8, 4) is 28.2 Å². The quantitative estimate of drug-likeness (QED) is 0.524. The van der Waals surface area contributed by atoms with E-state index >= 15 is 0 Å². The van der Waals surface area contributed by atoms with Crippen molar-refractivity contribution >= 4 is 0 Å². The highest BCUT2D eigenvalue weighted by Gasteiger charge is 2.19. The molecule has 0 bridgehead atoms. The maximum absolute atomic E-state index is 13.4. The van der Waals surface area contributed by atoms with Gasteiger partial charge in [-0.05, 0) is 43.3 Å². The molecule has 0 atom stereocenters. The maximum atomic E-state index is 13.4. The monoisotopic (exact) mass is 355 g/mol. The summed E-state index contributed by atoms with van der Waals surface area (Å²) in [5.74, 6) is -1.18. The van der Waals surface area contributed by atoms with Crippen molar-refractivity contribution < 1.29 is 17.7 Å². The molecule has 0 aliphatic carbocycles. The normalized spacial score (nSPS) is 11.1. The first-order valence-corrected chi connectivity index (χ1v) is 7.74. The van der Waals surface area contributed by atoms with Crippen LogP contribution in [0, 0.1) is 24.4 Å². The Morgan fingerprint density at radius 3 is 2.31 bits per heavy atom. The van der Waals surface area contributed by atoms with Gasteiger partial charge in [0.2, 0.25) is 0 Å². The average molecular weight is 355 g/mol. The van der Waals surface area contributed by atoms with Crippen LogP contribution in [-0.4, -0.2) is 14.7 Å². The molecule has 0 spiro atoms. The maximum Gasteiger partial charge on any atom is 0.143 e. The minimum atomic E-state index is -0.677. The molecule has 0 aliphatic rings. The van der Waals surface area contributed by atoms with E-state index in [2.05, 4.69) is 10.1 Å². The first kappa shape index (κ1) is 16.1. The zero-order valence-corrected chi connectivity index (χ0v) is 13.6. The molecule has 26 heavy (non-hydrogen) atoms. The van der Waals surface area contributed by atoms with Gasteiger partial charge in [-0.3, -0.25) is 0 Å². The minimum absolute atomic E-state index is 0.304. The number of aromatic nitrogens is 3. The van der Waals surface area contributed by atoms with Crippen LogP contribution in [0.3, 0.4) is 0 Å². The van der Waals surface area contributed by atoms with E-state index in [4.69, 9.17) is 4.52 Å². The third-order valence-corrected chi connectivity index (χ3v) is 3.96. The molecular formula is C19H12F3N3O. The van der Waals surface area contributed by atoms with Gasteiger partial charge in [0.25, 0.3) is 0 Å². The molecule has 4 rings (SSSR count). The summed E-state index contributed by atoms with van der Waals surface area (Å²) >= 11 is 0. The lowest BCUT2D eigenvalue weighted by Crippen LogP contribution is -1.92. The molecule has 0 saturated carbocycles. The number of halogens is 3. The van der Waals surface area contributed by atoms with Gasteiger partial charge >= 0.3 is 0 Å². The Kier molecular flexibility index (Phi) is 3.84. The molecule has 4 aromatic rings. The Hall–Kier alpha value is -3.35. The van der Waals surface area contributed by atoms with E-state index in [1.165, 1.54) is 35.2 Å². The third-order valence-electron chi connectivity index (χ3n) is 3.96. The van der Waals surface area contributed by atoms with E-state index < -0.39 is 11.6 Å². The molecule has 7 heteroatoms. The summed E-state index contributed by atoms with van der Waals surface area (Å²) in [6, 6.07) is 9.06. The van der Waals surface area contributed by atoms with Gasteiger partial charge in [-0.1, -0.05) is 5.16 Å². The summed E-state index contributed by atoms with van der Waals surface area (Å²) in [6.45, 7) is 1.73. The molecule has 0 radical (unpaired) electrons. The topological polar surface area (TPSA) is 43.9 Å². The Morgan fingerprint density at radius 2 is 1.62 bits per heavy atom. The zero-order valence-electron chi connectivity index (χ0n) is 13.6. The van der Waals surface area contributed by atoms with Crippen molar-refractivity contribution in [1.82, 2.24) is 14.7 Å². The third kappa shape index (κ3) is 2.88. The average Bonchev–Trinajstić information content (AvgIpc) is 3.21. The Balaban J connectivity index is 1.79. The van der Waals surface area contributed by atoms with Gasteiger partial charge < -0.3 is 9.09 Å². The number of imidazole rings is 1. The molecule has 2 heterocycles. The van der Waals surface area contributed by atoms with Crippen molar-refractivity contribution in [2.75, 3.05) is 0 Å². The second kappa shape index (κ2) is 6.18. The predicted octanol–water partition coefficient (Wildman–Crippen LogP) is 4.92. The standard InChI is InChI=1S/C19H12F3N3O/c1-11-18(19(24-26-11)12-2-4-13(20)5-3-12)17-9-25(10-23-17)16-7-14(21)6-15(22)8-16/h2-10H,1H3. The van der Waals surface area contributed by atoms with Crippen LogP contribution in [0.4, 0.5) is 13.2 Å². The number of benzene rings is 2. The van der Waals surface area contributed by atoms with E-state index in [0.29, 0.717) is 34.0 Å². The summed E-state index contributed by atoms with van der Waals surface area (Å²) in [4.78, 5) is 4.30. The summed E-state index contributed by atoms with van der Waals surface area (Å²) < 4.78 is 46.8. The van der Waals surface area contributed by atoms with E-state index in [0.717, 1.165) is 6.07 Å². The molecule has 0 N–H and O–H groups in total. The van der Waals surface area contributed by atoms with E-state index in [1.54, 1.807) is 25.3 Å². The lowest BCUT2D eigenvalue weighted by atomic mass is 10.0. The van der Waals surface area contributed by atoms with Crippen molar-refractivity contribution in [1.29, 1.82) is 0 Å². The van der Waals surface area contributed by atoms with Crippen LogP contribution in [0.15, 0.2) is 59.5 Å². The van der Waals surface area contributed by atoms with E-state index in [1.807, 2.05) is 0 Å². The number of hydrogen-bond acceptors (Lipinski definition) is 3. The molecule has 2 aromatic heterocycles.